The Labute approximate surface area is 162 Å². The molecule has 1 amide bonds. The summed E-state index contributed by atoms with van der Waals surface area (Å²) < 4.78 is 12.4. The minimum atomic E-state index is -0.221. The van der Waals surface area contributed by atoms with Gasteiger partial charge in [-0.15, -0.1) is 0 Å². The summed E-state index contributed by atoms with van der Waals surface area (Å²) in [7, 11) is 3.10. The minimum absolute atomic E-state index is 0.221. The summed E-state index contributed by atoms with van der Waals surface area (Å²) in [6, 6.07) is 18.5. The fourth-order valence-electron chi connectivity index (χ4n) is 2.98. The molecule has 0 bridgehead atoms. The third-order valence-corrected chi connectivity index (χ3v) is 4.45. The predicted molar refractivity (Wildman–Crippen MR) is 108 cm³/mol. The van der Waals surface area contributed by atoms with Crippen molar-refractivity contribution in [1.29, 1.82) is 0 Å². The summed E-state index contributed by atoms with van der Waals surface area (Å²) in [4.78, 5) is 17.1. The molecule has 0 radical (unpaired) electrons. The van der Waals surface area contributed by atoms with E-state index in [-0.39, 0.29) is 5.91 Å². The maximum absolute atomic E-state index is 12.5. The van der Waals surface area contributed by atoms with E-state index in [1.54, 1.807) is 25.3 Å². The van der Waals surface area contributed by atoms with E-state index in [1.165, 1.54) is 7.11 Å². The normalized spacial score (nSPS) is 10.6. The Kier molecular flexibility index (Phi) is 4.68. The number of pyridine rings is 1. The number of hydrogen-bond acceptors (Lipinski definition) is 4. The molecule has 0 saturated carbocycles. The molecule has 0 aliphatic carbocycles. The molecule has 140 valence electrons. The van der Waals surface area contributed by atoms with Crippen LogP contribution in [0, 0.1) is 0 Å². The van der Waals surface area contributed by atoms with E-state index < -0.39 is 0 Å². The van der Waals surface area contributed by atoms with Crippen LogP contribution >= 0.6 is 0 Å². The summed E-state index contributed by atoms with van der Waals surface area (Å²) in [6.07, 6.45) is 3.94. The molecule has 2 heterocycles. The fourth-order valence-corrected chi connectivity index (χ4v) is 2.98. The Balaban J connectivity index is 1.52. The molecule has 2 aromatic heterocycles. The van der Waals surface area contributed by atoms with Gasteiger partial charge in [0.25, 0.3) is 5.91 Å². The number of anilines is 1. The summed E-state index contributed by atoms with van der Waals surface area (Å²) in [5.41, 5.74) is 3.94. The van der Waals surface area contributed by atoms with Crippen molar-refractivity contribution in [2.24, 2.45) is 0 Å². The van der Waals surface area contributed by atoms with E-state index in [0.29, 0.717) is 22.7 Å². The van der Waals surface area contributed by atoms with E-state index >= 15 is 0 Å². The second kappa shape index (κ2) is 7.44. The quantitative estimate of drug-likeness (QED) is 0.567. The van der Waals surface area contributed by atoms with Crippen molar-refractivity contribution < 1.29 is 14.3 Å². The number of imidazole rings is 1. The maximum atomic E-state index is 12.5. The van der Waals surface area contributed by atoms with Gasteiger partial charge in [-0.25, -0.2) is 4.98 Å². The van der Waals surface area contributed by atoms with Crippen molar-refractivity contribution in [3.05, 3.63) is 78.6 Å². The van der Waals surface area contributed by atoms with Crippen LogP contribution in [0.15, 0.2) is 73.1 Å². The van der Waals surface area contributed by atoms with Crippen LogP contribution in [0.1, 0.15) is 10.4 Å². The first-order valence-electron chi connectivity index (χ1n) is 8.75. The smallest absolute Gasteiger partial charge is 0.255 e. The summed E-state index contributed by atoms with van der Waals surface area (Å²) in [5.74, 6) is 0.870. The van der Waals surface area contributed by atoms with Gasteiger partial charge in [0.1, 0.15) is 5.65 Å². The third-order valence-electron chi connectivity index (χ3n) is 4.45. The van der Waals surface area contributed by atoms with Crippen LogP contribution in [0.4, 0.5) is 5.69 Å². The second-order valence-corrected chi connectivity index (χ2v) is 6.19. The largest absolute Gasteiger partial charge is 0.493 e. The molecule has 0 atom stereocenters. The van der Waals surface area contributed by atoms with E-state index in [4.69, 9.17) is 9.47 Å². The molecule has 0 aliphatic heterocycles. The molecule has 6 heteroatoms. The lowest BCUT2D eigenvalue weighted by Crippen LogP contribution is -2.12. The zero-order valence-electron chi connectivity index (χ0n) is 15.5. The molecule has 4 aromatic rings. The van der Waals surface area contributed by atoms with Gasteiger partial charge in [0.05, 0.1) is 19.9 Å². The van der Waals surface area contributed by atoms with Gasteiger partial charge in [-0.2, -0.15) is 0 Å². The van der Waals surface area contributed by atoms with Gasteiger partial charge in [0.2, 0.25) is 0 Å². The van der Waals surface area contributed by atoms with Crippen molar-refractivity contribution in [3.63, 3.8) is 0 Å². The first-order chi connectivity index (χ1) is 13.7. The number of methoxy groups -OCH3 is 2. The molecule has 0 aliphatic rings. The van der Waals surface area contributed by atoms with Crippen LogP contribution in [0.2, 0.25) is 0 Å². The van der Waals surface area contributed by atoms with Gasteiger partial charge in [-0.05, 0) is 42.5 Å². The molecule has 0 fully saturated rings. The third kappa shape index (κ3) is 3.40. The van der Waals surface area contributed by atoms with Crippen LogP contribution in [0.25, 0.3) is 16.9 Å². The Hall–Kier alpha value is -3.80. The van der Waals surface area contributed by atoms with Crippen molar-refractivity contribution in [2.45, 2.75) is 0 Å². The van der Waals surface area contributed by atoms with Crippen molar-refractivity contribution in [2.75, 3.05) is 19.5 Å². The average Bonchev–Trinajstić information content (AvgIpc) is 3.18. The van der Waals surface area contributed by atoms with E-state index in [0.717, 1.165) is 16.9 Å². The lowest BCUT2D eigenvalue weighted by molar-refractivity contribution is 0.102. The monoisotopic (exact) mass is 373 g/mol. The average molecular weight is 373 g/mol. The fraction of sp³-hybridized carbons (Fsp3) is 0.0909. The number of benzene rings is 2. The number of amides is 1. The number of aromatic nitrogens is 2. The molecule has 0 unspecified atom stereocenters. The lowest BCUT2D eigenvalue weighted by Gasteiger charge is -2.10. The zero-order chi connectivity index (χ0) is 19.5. The maximum Gasteiger partial charge on any atom is 0.255 e. The SMILES string of the molecule is COc1ccc(C(=O)Nc2ccc(-c3cn4ccccc4n3)cc2)cc1OC. The highest BCUT2D eigenvalue weighted by Gasteiger charge is 2.11. The number of nitrogens with one attached hydrogen (secondary N) is 1. The molecule has 2 aromatic carbocycles. The number of rotatable bonds is 5. The van der Waals surface area contributed by atoms with Gasteiger partial charge in [-0.3, -0.25) is 4.79 Å². The van der Waals surface area contributed by atoms with Crippen LogP contribution in [0.5, 0.6) is 11.5 Å². The Morgan fingerprint density at radius 2 is 1.75 bits per heavy atom. The molecular weight excluding hydrogens is 354 g/mol. The summed E-state index contributed by atoms with van der Waals surface area (Å²) in [6.45, 7) is 0. The van der Waals surface area contributed by atoms with Crippen molar-refractivity contribution in [1.82, 2.24) is 9.38 Å². The van der Waals surface area contributed by atoms with Crippen LogP contribution in [-0.2, 0) is 0 Å². The molecule has 28 heavy (non-hydrogen) atoms. The summed E-state index contributed by atoms with van der Waals surface area (Å²) >= 11 is 0. The molecule has 0 saturated heterocycles. The zero-order valence-corrected chi connectivity index (χ0v) is 15.5. The molecule has 1 N–H and O–H groups in total. The van der Waals surface area contributed by atoms with Gasteiger partial charge in [0.15, 0.2) is 11.5 Å². The predicted octanol–water partition coefficient (Wildman–Crippen LogP) is 4.27. The number of carbonyl (C=O) groups is 1. The number of nitrogens with zero attached hydrogens (tertiary/aromatic N) is 2. The standard InChI is InChI=1S/C22H19N3O3/c1-27-19-11-8-16(13-20(19)28-2)22(26)23-17-9-6-15(7-10-17)18-14-25-12-4-3-5-21(25)24-18/h3-14H,1-2H3,(H,23,26). The molecule has 6 nitrogen and oxygen atoms in total. The topological polar surface area (TPSA) is 64.9 Å². The van der Waals surface area contributed by atoms with E-state index in [9.17, 15) is 4.79 Å². The van der Waals surface area contributed by atoms with Crippen molar-refractivity contribution >= 4 is 17.2 Å². The first kappa shape index (κ1) is 17.6. The lowest BCUT2D eigenvalue weighted by atomic mass is 10.1. The first-order valence-corrected chi connectivity index (χ1v) is 8.75. The van der Waals surface area contributed by atoms with E-state index in [2.05, 4.69) is 10.3 Å². The van der Waals surface area contributed by atoms with Crippen LogP contribution in [0.3, 0.4) is 0 Å². The van der Waals surface area contributed by atoms with E-state index in [1.807, 2.05) is 59.3 Å². The molecular formula is C22H19N3O3. The number of fused-ring (bicyclic) bond motifs is 1. The Morgan fingerprint density at radius 3 is 2.46 bits per heavy atom. The molecule has 4 rings (SSSR count). The summed E-state index contributed by atoms with van der Waals surface area (Å²) in [5, 5.41) is 2.89. The highest BCUT2D eigenvalue weighted by Crippen LogP contribution is 2.28. The number of hydrogen-bond donors (Lipinski definition) is 1. The van der Waals surface area contributed by atoms with Gasteiger partial charge >= 0.3 is 0 Å². The Morgan fingerprint density at radius 1 is 0.964 bits per heavy atom. The van der Waals surface area contributed by atoms with Crippen LogP contribution < -0.4 is 14.8 Å². The van der Waals surface area contributed by atoms with Crippen molar-refractivity contribution in [3.8, 4) is 22.8 Å². The van der Waals surface area contributed by atoms with Gasteiger partial charge < -0.3 is 19.2 Å². The van der Waals surface area contributed by atoms with Gasteiger partial charge in [0, 0.05) is 29.2 Å². The van der Waals surface area contributed by atoms with Crippen LogP contribution in [-0.4, -0.2) is 29.5 Å². The second-order valence-electron chi connectivity index (χ2n) is 6.19. The molecule has 0 spiro atoms. The minimum Gasteiger partial charge on any atom is -0.493 e. The Bertz CT molecular complexity index is 1100. The van der Waals surface area contributed by atoms with Gasteiger partial charge in [-0.1, -0.05) is 18.2 Å². The number of carbonyl (C=O) groups excluding carboxylic acids is 1. The number of ether oxygens (including phenoxy) is 2. The highest BCUT2D eigenvalue weighted by molar-refractivity contribution is 6.04. The highest BCUT2D eigenvalue weighted by atomic mass is 16.5.